The molecular formula is C45H54FN7O7S. The number of sulfonamides is 1. The predicted molar refractivity (Wildman–Crippen MR) is 230 cm³/mol. The van der Waals surface area contributed by atoms with Gasteiger partial charge in [-0.25, -0.2) is 22.5 Å². The molecule has 2 bridgehead atoms. The van der Waals surface area contributed by atoms with Gasteiger partial charge in [0.25, 0.3) is 21.6 Å². The first-order valence-electron chi connectivity index (χ1n) is 21.5. The third kappa shape index (κ3) is 8.85. The van der Waals surface area contributed by atoms with Gasteiger partial charge in [-0.05, 0) is 111 Å². The Balaban J connectivity index is 0.921. The van der Waals surface area contributed by atoms with E-state index in [0.717, 1.165) is 94.8 Å². The Kier molecular flexibility index (Phi) is 11.1. The van der Waals surface area contributed by atoms with Gasteiger partial charge in [0, 0.05) is 81.9 Å². The zero-order valence-electron chi connectivity index (χ0n) is 34.8. The minimum Gasteiger partial charge on any atom is -0.455 e. The quantitative estimate of drug-likeness (QED) is 0.0676. The molecule has 16 heteroatoms. The lowest BCUT2D eigenvalue weighted by molar-refractivity contribution is -0.384. The average Bonchev–Trinajstić information content (AvgIpc) is 3.94. The van der Waals surface area contributed by atoms with Crippen molar-refractivity contribution in [2.45, 2.75) is 75.8 Å². The number of halogens is 1. The first kappa shape index (κ1) is 41.3. The molecule has 61 heavy (non-hydrogen) atoms. The minimum absolute atomic E-state index is 0.0380. The maximum atomic E-state index is 15.1. The zero-order chi connectivity index (χ0) is 42.5. The van der Waals surface area contributed by atoms with E-state index in [1.165, 1.54) is 29.5 Å². The van der Waals surface area contributed by atoms with Gasteiger partial charge in [0.05, 0.1) is 21.6 Å². The van der Waals surface area contributed by atoms with E-state index in [2.05, 4.69) is 43.7 Å². The molecule has 4 aliphatic carbocycles. The first-order chi connectivity index (χ1) is 29.2. The number of aromatic nitrogens is 2. The van der Waals surface area contributed by atoms with Crippen molar-refractivity contribution in [3.05, 3.63) is 87.7 Å². The minimum atomic E-state index is -4.55. The number of hydrogen-bond donors (Lipinski definition) is 3. The maximum absolute atomic E-state index is 15.1. The number of alkyl halides is 1. The van der Waals surface area contributed by atoms with Crippen molar-refractivity contribution in [3.8, 4) is 11.5 Å². The molecule has 10 rings (SSSR count). The normalized spacial score (nSPS) is 24.4. The van der Waals surface area contributed by atoms with Crippen LogP contribution in [0.4, 0.5) is 21.5 Å². The number of amides is 1. The Bertz CT molecular complexity index is 2470. The number of benzene rings is 2. The molecule has 2 aromatic heterocycles. The van der Waals surface area contributed by atoms with Crippen LogP contribution in [0.1, 0.15) is 75.6 Å². The third-order valence-corrected chi connectivity index (χ3v) is 15.0. The van der Waals surface area contributed by atoms with Crippen LogP contribution in [0.5, 0.6) is 11.5 Å². The summed E-state index contributed by atoms with van der Waals surface area (Å²) in [6.45, 7) is 10.4. The van der Waals surface area contributed by atoms with Crippen LogP contribution in [0.15, 0.2) is 77.0 Å². The van der Waals surface area contributed by atoms with E-state index in [1.807, 2.05) is 6.07 Å². The Morgan fingerprint density at radius 1 is 1.07 bits per heavy atom. The zero-order valence-corrected chi connectivity index (χ0v) is 35.6. The van der Waals surface area contributed by atoms with E-state index < -0.39 is 37.1 Å². The number of nitro groups is 1. The number of carbonyl (C=O) groups excluding carboxylic acids is 1. The second kappa shape index (κ2) is 16.3. The largest absolute Gasteiger partial charge is 0.455 e. The van der Waals surface area contributed by atoms with Crippen molar-refractivity contribution < 1.29 is 32.0 Å². The number of nitrogens with one attached hydrogen (secondary N) is 3. The summed E-state index contributed by atoms with van der Waals surface area (Å²) < 4.78 is 56.2. The number of nitrogens with zero attached hydrogens (tertiary/aromatic N) is 4. The van der Waals surface area contributed by atoms with E-state index in [4.69, 9.17) is 9.47 Å². The summed E-state index contributed by atoms with van der Waals surface area (Å²) in [6.07, 6.45) is 10.3. The van der Waals surface area contributed by atoms with Crippen LogP contribution in [0, 0.1) is 33.3 Å². The standard InChI is InChI=1S/C45H54FN7O7S/c1-44(2)11-7-31(37(24-44)38-25-45(46)22-32(38)23-45)28-51-13-15-52(16-14-51)33-3-5-36(41(20-33)60-34-19-30-8-12-47-42(30)49-27-34)43(54)50-61(57,58)35-4-6-39(40(21-35)53(55)56)48-26-29-9-17-59-18-10-29/h3-6,8,12,19-21,27,29,32,38,48H,7,9-11,13-18,22-26,28H2,1-2H3,(H,47,49)(H,50,54)/t32?,38-,45?/m1/s1. The number of aromatic amines is 1. The summed E-state index contributed by atoms with van der Waals surface area (Å²) in [5, 5.41) is 16.0. The highest BCUT2D eigenvalue weighted by molar-refractivity contribution is 7.90. The molecule has 6 aliphatic rings. The predicted octanol–water partition coefficient (Wildman–Crippen LogP) is 7.99. The summed E-state index contributed by atoms with van der Waals surface area (Å²) in [5.74, 6) is 0.670. The summed E-state index contributed by atoms with van der Waals surface area (Å²) >= 11 is 0. The smallest absolute Gasteiger partial charge is 0.293 e. The molecule has 0 spiro atoms. The van der Waals surface area contributed by atoms with Crippen molar-refractivity contribution in [1.29, 1.82) is 0 Å². The third-order valence-electron chi connectivity index (χ3n) is 13.7. The number of nitro benzene ring substituents is 1. The lowest BCUT2D eigenvalue weighted by atomic mass is 9.69. The molecule has 324 valence electrons. The number of pyridine rings is 1. The van der Waals surface area contributed by atoms with Crippen LogP contribution in [-0.4, -0.2) is 92.3 Å². The molecule has 2 saturated heterocycles. The van der Waals surface area contributed by atoms with Crippen molar-refractivity contribution in [3.63, 3.8) is 0 Å². The van der Waals surface area contributed by atoms with Gasteiger partial charge in [0.2, 0.25) is 0 Å². The van der Waals surface area contributed by atoms with Crippen molar-refractivity contribution in [1.82, 2.24) is 19.6 Å². The number of ether oxygens (including phenoxy) is 2. The van der Waals surface area contributed by atoms with E-state index in [1.54, 1.807) is 30.5 Å². The van der Waals surface area contributed by atoms with Gasteiger partial charge in [-0.15, -0.1) is 0 Å². The molecule has 4 aromatic rings. The topological polar surface area (TPSA) is 172 Å². The fraction of sp³-hybridized carbons (Fsp3) is 0.511. The van der Waals surface area contributed by atoms with Crippen molar-refractivity contribution >= 4 is 44.0 Å². The van der Waals surface area contributed by atoms with E-state index in [0.29, 0.717) is 49.4 Å². The molecule has 0 radical (unpaired) electrons. The maximum Gasteiger partial charge on any atom is 0.293 e. The molecule has 0 unspecified atom stereocenters. The number of carbonyl (C=O) groups is 1. The van der Waals surface area contributed by atoms with Gasteiger partial charge in [-0.3, -0.25) is 19.8 Å². The Morgan fingerprint density at radius 3 is 2.59 bits per heavy atom. The van der Waals surface area contributed by atoms with Crippen molar-refractivity contribution in [2.75, 3.05) is 62.7 Å². The average molecular weight is 856 g/mol. The fourth-order valence-electron chi connectivity index (χ4n) is 10.2. The highest BCUT2D eigenvalue weighted by Gasteiger charge is 2.58. The lowest BCUT2D eigenvalue weighted by Gasteiger charge is -2.41. The van der Waals surface area contributed by atoms with Crippen LogP contribution in [0.2, 0.25) is 0 Å². The Hall–Kier alpha value is -5.06. The summed E-state index contributed by atoms with van der Waals surface area (Å²) in [5.41, 5.74) is 3.53. The number of fused-ring (bicyclic) bond motifs is 2. The van der Waals surface area contributed by atoms with Gasteiger partial charge in [0.1, 0.15) is 28.5 Å². The van der Waals surface area contributed by atoms with E-state index in [-0.39, 0.29) is 28.3 Å². The van der Waals surface area contributed by atoms with Gasteiger partial charge < -0.3 is 24.7 Å². The fourth-order valence-corrected chi connectivity index (χ4v) is 11.2. The number of hydrogen-bond acceptors (Lipinski definition) is 11. The molecule has 2 aliphatic heterocycles. The summed E-state index contributed by atoms with van der Waals surface area (Å²) in [6, 6.07) is 12.2. The summed E-state index contributed by atoms with van der Waals surface area (Å²) in [7, 11) is -4.55. The van der Waals surface area contributed by atoms with Gasteiger partial charge >= 0.3 is 0 Å². The number of H-pyrrole nitrogens is 1. The molecule has 4 heterocycles. The van der Waals surface area contributed by atoms with E-state index in [9.17, 15) is 23.3 Å². The lowest BCUT2D eigenvalue weighted by Crippen LogP contribution is -2.47. The van der Waals surface area contributed by atoms with Crippen LogP contribution >= 0.6 is 0 Å². The molecule has 2 aromatic carbocycles. The van der Waals surface area contributed by atoms with Crippen LogP contribution in [0.25, 0.3) is 11.0 Å². The second-order valence-electron chi connectivity index (χ2n) is 18.5. The van der Waals surface area contributed by atoms with Gasteiger partial charge in [-0.2, -0.15) is 0 Å². The highest BCUT2D eigenvalue weighted by Crippen LogP contribution is 2.62. The van der Waals surface area contributed by atoms with Crippen molar-refractivity contribution in [2.24, 2.45) is 23.2 Å². The number of piperazine rings is 1. The first-order valence-corrected chi connectivity index (χ1v) is 23.0. The van der Waals surface area contributed by atoms with Crippen LogP contribution < -0.4 is 19.7 Å². The molecule has 3 saturated carbocycles. The molecule has 3 N–H and O–H groups in total. The van der Waals surface area contributed by atoms with Crippen LogP contribution in [0.3, 0.4) is 0 Å². The monoisotopic (exact) mass is 855 g/mol. The summed E-state index contributed by atoms with van der Waals surface area (Å²) in [4.78, 5) is 37.1. The second-order valence-corrected chi connectivity index (χ2v) is 20.2. The molecular weight excluding hydrogens is 802 g/mol. The van der Waals surface area contributed by atoms with E-state index >= 15 is 4.39 Å². The van der Waals surface area contributed by atoms with Crippen LogP contribution in [-0.2, 0) is 14.8 Å². The molecule has 1 atom stereocenters. The molecule has 1 amide bonds. The van der Waals surface area contributed by atoms with Gasteiger partial charge in [0.15, 0.2) is 0 Å². The Morgan fingerprint density at radius 2 is 1.85 bits per heavy atom. The van der Waals surface area contributed by atoms with Gasteiger partial charge in [-0.1, -0.05) is 25.0 Å². The number of anilines is 2. The Labute approximate surface area is 355 Å². The SMILES string of the molecule is CC1(C)CCC(CN2CCN(c3ccc(C(=O)NS(=O)(=O)c4ccc(NCC5CCOCC5)c([N+](=O)[O-])c4)c(Oc4cnc5[nH]ccc5c4)c3)CC2)=C([C@@H]2CC3(F)CC2C3)C1. The number of allylic oxidation sites excluding steroid dienone is 1. The highest BCUT2D eigenvalue weighted by atomic mass is 32.2. The molecule has 5 fully saturated rings. The molecule has 14 nitrogen and oxygen atoms in total. The number of rotatable bonds is 13.